The molecule has 5 nitrogen and oxygen atoms in total. The van der Waals surface area contributed by atoms with Crippen molar-refractivity contribution in [2.24, 2.45) is 5.92 Å². The highest BCUT2D eigenvalue weighted by atomic mass is 16.5. The van der Waals surface area contributed by atoms with Gasteiger partial charge >= 0.3 is 0 Å². The standard InChI is InChI=1S/C24H25NO4/c26-24(10-9-18-11-12-27-15-18)23-14-22(29-25-23)17-28-16-19-5-4-8-21(13-19)20-6-2-1-3-7-20/h1-8,13-14,18H,9-12,15-17H2. The quantitative estimate of drug-likeness (QED) is 0.477. The zero-order valence-corrected chi connectivity index (χ0v) is 16.4. The molecule has 0 spiro atoms. The molecule has 1 aliphatic heterocycles. The number of nitrogens with zero attached hydrogens (tertiary/aromatic N) is 1. The third kappa shape index (κ3) is 5.40. The molecule has 1 saturated heterocycles. The molecule has 4 rings (SSSR count). The monoisotopic (exact) mass is 391 g/mol. The van der Waals surface area contributed by atoms with Crippen LogP contribution in [0.25, 0.3) is 11.1 Å². The van der Waals surface area contributed by atoms with Crippen molar-refractivity contribution in [3.8, 4) is 11.1 Å². The molecule has 1 unspecified atom stereocenters. The number of hydrogen-bond donors (Lipinski definition) is 0. The van der Waals surface area contributed by atoms with E-state index < -0.39 is 0 Å². The minimum Gasteiger partial charge on any atom is -0.381 e. The molecule has 0 saturated carbocycles. The predicted octanol–water partition coefficient (Wildman–Crippen LogP) is 5.06. The number of Topliss-reactive ketones (excluding diaryl/α,β-unsaturated/α-hetero) is 1. The number of carbonyl (C=O) groups excluding carboxylic acids is 1. The van der Waals surface area contributed by atoms with E-state index in [4.69, 9.17) is 14.0 Å². The number of aromatic nitrogens is 1. The molecule has 0 aliphatic carbocycles. The maximum absolute atomic E-state index is 12.3. The number of rotatable bonds is 9. The van der Waals surface area contributed by atoms with Gasteiger partial charge in [-0.15, -0.1) is 0 Å². The van der Waals surface area contributed by atoms with Gasteiger partial charge < -0.3 is 14.0 Å². The van der Waals surface area contributed by atoms with Crippen molar-refractivity contribution in [3.05, 3.63) is 77.7 Å². The summed E-state index contributed by atoms with van der Waals surface area (Å²) in [5, 5.41) is 3.90. The van der Waals surface area contributed by atoms with Crippen LogP contribution >= 0.6 is 0 Å². The van der Waals surface area contributed by atoms with Crippen LogP contribution in [0.5, 0.6) is 0 Å². The van der Waals surface area contributed by atoms with Crippen LogP contribution in [0.4, 0.5) is 0 Å². The molecule has 0 amide bonds. The van der Waals surface area contributed by atoms with Crippen LogP contribution in [0.15, 0.2) is 65.2 Å². The van der Waals surface area contributed by atoms with Gasteiger partial charge in [-0.3, -0.25) is 4.79 Å². The highest BCUT2D eigenvalue weighted by molar-refractivity contribution is 5.94. The summed E-state index contributed by atoms with van der Waals surface area (Å²) in [6.07, 6.45) is 2.36. The van der Waals surface area contributed by atoms with Gasteiger partial charge in [-0.1, -0.05) is 53.7 Å². The Balaban J connectivity index is 1.26. The normalized spacial score (nSPS) is 16.2. The Kier molecular flexibility index (Phi) is 6.49. The molecular formula is C24H25NO4. The van der Waals surface area contributed by atoms with E-state index in [1.54, 1.807) is 6.07 Å². The summed E-state index contributed by atoms with van der Waals surface area (Å²) in [4.78, 5) is 12.3. The largest absolute Gasteiger partial charge is 0.381 e. The van der Waals surface area contributed by atoms with E-state index in [0.29, 0.717) is 30.4 Å². The number of benzene rings is 2. The van der Waals surface area contributed by atoms with E-state index in [-0.39, 0.29) is 12.4 Å². The average Bonchev–Trinajstić information content (AvgIpc) is 3.45. The van der Waals surface area contributed by atoms with E-state index in [0.717, 1.165) is 37.2 Å². The first-order valence-electron chi connectivity index (χ1n) is 10.1. The summed E-state index contributed by atoms with van der Waals surface area (Å²) in [5.41, 5.74) is 3.80. The lowest BCUT2D eigenvalue weighted by Crippen LogP contribution is -2.05. The first-order chi connectivity index (χ1) is 14.3. The predicted molar refractivity (Wildman–Crippen MR) is 109 cm³/mol. The van der Waals surface area contributed by atoms with E-state index >= 15 is 0 Å². The SMILES string of the molecule is O=C(CCC1CCOC1)c1cc(COCc2cccc(-c3ccccc3)c2)on1. The number of hydrogen-bond acceptors (Lipinski definition) is 5. The smallest absolute Gasteiger partial charge is 0.184 e. The summed E-state index contributed by atoms with van der Waals surface area (Å²) >= 11 is 0. The third-order valence-corrected chi connectivity index (χ3v) is 5.20. The van der Waals surface area contributed by atoms with Crippen molar-refractivity contribution in [1.82, 2.24) is 5.16 Å². The Bertz CT molecular complexity index is 929. The van der Waals surface area contributed by atoms with Gasteiger partial charge in [0.15, 0.2) is 11.5 Å². The van der Waals surface area contributed by atoms with Crippen LogP contribution < -0.4 is 0 Å². The van der Waals surface area contributed by atoms with Crippen molar-refractivity contribution in [3.63, 3.8) is 0 Å². The summed E-state index contributed by atoms with van der Waals surface area (Å²) < 4.78 is 16.4. The molecule has 150 valence electrons. The minimum atomic E-state index is 0.0162. The Morgan fingerprint density at radius 2 is 1.90 bits per heavy atom. The Hall–Kier alpha value is -2.76. The van der Waals surface area contributed by atoms with Gasteiger partial charge in [0, 0.05) is 25.7 Å². The highest BCUT2D eigenvalue weighted by Gasteiger charge is 2.19. The molecular weight excluding hydrogens is 366 g/mol. The second-order valence-corrected chi connectivity index (χ2v) is 7.43. The zero-order valence-electron chi connectivity index (χ0n) is 16.4. The lowest BCUT2D eigenvalue weighted by molar-refractivity contribution is 0.0879. The third-order valence-electron chi connectivity index (χ3n) is 5.20. The topological polar surface area (TPSA) is 61.6 Å². The van der Waals surface area contributed by atoms with Gasteiger partial charge in [0.2, 0.25) is 0 Å². The van der Waals surface area contributed by atoms with Gasteiger partial charge in [-0.25, -0.2) is 0 Å². The van der Waals surface area contributed by atoms with E-state index in [1.807, 2.05) is 30.3 Å². The Morgan fingerprint density at radius 3 is 2.72 bits per heavy atom. The molecule has 2 aromatic carbocycles. The lowest BCUT2D eigenvalue weighted by Gasteiger charge is -2.06. The fraction of sp³-hybridized carbons (Fsp3) is 0.333. The van der Waals surface area contributed by atoms with Gasteiger partial charge in [-0.2, -0.15) is 0 Å². The molecule has 3 aromatic rings. The first kappa shape index (κ1) is 19.6. The molecule has 29 heavy (non-hydrogen) atoms. The fourth-order valence-corrected chi connectivity index (χ4v) is 3.53. The maximum atomic E-state index is 12.3. The second-order valence-electron chi connectivity index (χ2n) is 7.43. The minimum absolute atomic E-state index is 0.0162. The zero-order chi connectivity index (χ0) is 19.9. The number of ketones is 1. The summed E-state index contributed by atoms with van der Waals surface area (Å²) in [7, 11) is 0. The lowest BCUT2D eigenvalue weighted by atomic mass is 10.00. The molecule has 1 aliphatic rings. The molecule has 0 bridgehead atoms. The molecule has 5 heteroatoms. The number of carbonyl (C=O) groups is 1. The van der Waals surface area contributed by atoms with Crippen LogP contribution in [-0.4, -0.2) is 24.2 Å². The van der Waals surface area contributed by atoms with Crippen molar-refractivity contribution in [1.29, 1.82) is 0 Å². The van der Waals surface area contributed by atoms with Crippen molar-refractivity contribution >= 4 is 5.78 Å². The van der Waals surface area contributed by atoms with Gasteiger partial charge in [0.25, 0.3) is 0 Å². The van der Waals surface area contributed by atoms with Crippen LogP contribution in [0.3, 0.4) is 0 Å². The van der Waals surface area contributed by atoms with Gasteiger partial charge in [-0.05, 0) is 41.5 Å². The van der Waals surface area contributed by atoms with E-state index in [2.05, 4.69) is 29.4 Å². The number of ether oxygens (including phenoxy) is 2. The molecule has 1 fully saturated rings. The summed E-state index contributed by atoms with van der Waals surface area (Å²) in [6.45, 7) is 2.31. The molecule has 1 atom stereocenters. The molecule has 0 N–H and O–H groups in total. The van der Waals surface area contributed by atoms with E-state index in [9.17, 15) is 4.79 Å². The van der Waals surface area contributed by atoms with Crippen molar-refractivity contribution in [2.75, 3.05) is 13.2 Å². The molecule has 1 aromatic heterocycles. The summed E-state index contributed by atoms with van der Waals surface area (Å²) in [6, 6.07) is 20.2. The molecule has 0 radical (unpaired) electrons. The Morgan fingerprint density at radius 1 is 1.03 bits per heavy atom. The average molecular weight is 391 g/mol. The fourth-order valence-electron chi connectivity index (χ4n) is 3.53. The Labute approximate surface area is 170 Å². The van der Waals surface area contributed by atoms with Gasteiger partial charge in [0.05, 0.1) is 6.61 Å². The molecule has 2 heterocycles. The van der Waals surface area contributed by atoms with Gasteiger partial charge in [0.1, 0.15) is 12.3 Å². The second kappa shape index (κ2) is 9.63. The maximum Gasteiger partial charge on any atom is 0.184 e. The first-order valence-corrected chi connectivity index (χ1v) is 10.1. The highest BCUT2D eigenvalue weighted by Crippen LogP contribution is 2.21. The van der Waals surface area contributed by atoms with Crippen molar-refractivity contribution < 1.29 is 18.8 Å². The van der Waals surface area contributed by atoms with Crippen LogP contribution in [0.2, 0.25) is 0 Å². The van der Waals surface area contributed by atoms with Crippen LogP contribution in [0.1, 0.15) is 41.1 Å². The summed E-state index contributed by atoms with van der Waals surface area (Å²) in [5.74, 6) is 1.07. The van der Waals surface area contributed by atoms with Crippen LogP contribution in [0, 0.1) is 5.92 Å². The van der Waals surface area contributed by atoms with Crippen LogP contribution in [-0.2, 0) is 22.7 Å². The van der Waals surface area contributed by atoms with Crippen molar-refractivity contribution in [2.45, 2.75) is 32.5 Å². The van der Waals surface area contributed by atoms with E-state index in [1.165, 1.54) is 5.56 Å².